The smallest absolute Gasteiger partial charge is 0.185 e. The summed E-state index contributed by atoms with van der Waals surface area (Å²) < 4.78 is 10.8. The third-order valence-electron chi connectivity index (χ3n) is 3.52. The van der Waals surface area contributed by atoms with Gasteiger partial charge in [-0.05, 0) is 48.0 Å². The van der Waals surface area contributed by atoms with Crippen LogP contribution >= 0.6 is 11.6 Å². The van der Waals surface area contributed by atoms with Gasteiger partial charge in [-0.2, -0.15) is 0 Å². The molecule has 0 fully saturated rings. The SMILES string of the molecule is COc1ccc2c(c1)C=C(C(=O)/C=C/c1cccc(Cl)c1)CO2. The van der Waals surface area contributed by atoms with Crippen LogP contribution in [0.3, 0.4) is 0 Å². The van der Waals surface area contributed by atoms with Crippen molar-refractivity contribution in [2.45, 2.75) is 0 Å². The molecule has 2 aromatic rings. The molecule has 4 heteroatoms. The zero-order valence-corrected chi connectivity index (χ0v) is 13.3. The number of ether oxygens (including phenoxy) is 2. The minimum Gasteiger partial charge on any atom is -0.497 e. The van der Waals surface area contributed by atoms with Crippen molar-refractivity contribution in [3.8, 4) is 11.5 Å². The number of ketones is 1. The Morgan fingerprint density at radius 3 is 2.91 bits per heavy atom. The molecule has 2 aromatic carbocycles. The topological polar surface area (TPSA) is 35.5 Å². The summed E-state index contributed by atoms with van der Waals surface area (Å²) in [5.41, 5.74) is 2.32. The Labute approximate surface area is 139 Å². The van der Waals surface area contributed by atoms with Crippen LogP contribution in [0, 0.1) is 0 Å². The molecule has 1 heterocycles. The van der Waals surface area contributed by atoms with Crippen molar-refractivity contribution in [2.75, 3.05) is 13.7 Å². The highest BCUT2D eigenvalue weighted by Gasteiger charge is 2.16. The van der Waals surface area contributed by atoms with Gasteiger partial charge in [0.15, 0.2) is 5.78 Å². The van der Waals surface area contributed by atoms with E-state index in [1.807, 2.05) is 36.4 Å². The highest BCUT2D eigenvalue weighted by atomic mass is 35.5. The molecule has 23 heavy (non-hydrogen) atoms. The van der Waals surface area contributed by atoms with Crippen molar-refractivity contribution >= 4 is 29.5 Å². The van der Waals surface area contributed by atoms with Crippen LogP contribution in [0.25, 0.3) is 12.2 Å². The van der Waals surface area contributed by atoms with Crippen LogP contribution in [0.5, 0.6) is 11.5 Å². The number of methoxy groups -OCH3 is 1. The Hall–Kier alpha value is -2.52. The van der Waals surface area contributed by atoms with Crippen molar-refractivity contribution in [3.05, 3.63) is 70.3 Å². The number of hydrogen-bond donors (Lipinski definition) is 0. The maximum Gasteiger partial charge on any atom is 0.185 e. The molecule has 0 saturated carbocycles. The van der Waals surface area contributed by atoms with E-state index >= 15 is 0 Å². The van der Waals surface area contributed by atoms with Crippen molar-refractivity contribution in [1.29, 1.82) is 0 Å². The predicted molar refractivity (Wildman–Crippen MR) is 92.0 cm³/mol. The number of fused-ring (bicyclic) bond motifs is 1. The fraction of sp³-hybridized carbons (Fsp3) is 0.105. The Morgan fingerprint density at radius 1 is 1.26 bits per heavy atom. The minimum absolute atomic E-state index is 0.0848. The van der Waals surface area contributed by atoms with Crippen LogP contribution in [0.2, 0.25) is 5.02 Å². The average Bonchev–Trinajstić information content (AvgIpc) is 2.58. The number of carbonyl (C=O) groups excluding carboxylic acids is 1. The number of allylic oxidation sites excluding steroid dienone is 1. The van der Waals surface area contributed by atoms with E-state index < -0.39 is 0 Å². The van der Waals surface area contributed by atoms with E-state index in [0.29, 0.717) is 10.6 Å². The van der Waals surface area contributed by atoms with Gasteiger partial charge in [-0.25, -0.2) is 0 Å². The van der Waals surface area contributed by atoms with E-state index in [1.54, 1.807) is 25.3 Å². The summed E-state index contributed by atoms with van der Waals surface area (Å²) in [5.74, 6) is 1.39. The Balaban J connectivity index is 1.81. The van der Waals surface area contributed by atoms with Gasteiger partial charge in [0.2, 0.25) is 0 Å². The van der Waals surface area contributed by atoms with E-state index in [-0.39, 0.29) is 12.4 Å². The summed E-state index contributed by atoms with van der Waals surface area (Å²) in [6.07, 6.45) is 5.12. The quantitative estimate of drug-likeness (QED) is 0.781. The summed E-state index contributed by atoms with van der Waals surface area (Å²) in [4.78, 5) is 12.3. The first-order valence-corrected chi connectivity index (χ1v) is 7.53. The molecular weight excluding hydrogens is 312 g/mol. The zero-order valence-electron chi connectivity index (χ0n) is 12.6. The van der Waals surface area contributed by atoms with Crippen LogP contribution in [0.15, 0.2) is 54.1 Å². The van der Waals surface area contributed by atoms with Crippen molar-refractivity contribution in [2.24, 2.45) is 0 Å². The standard InChI is InChI=1S/C19H15ClO3/c1-22-17-6-8-19-14(11-17)10-15(12-23-19)18(21)7-5-13-3-2-4-16(20)9-13/h2-11H,12H2,1H3/b7-5+. The van der Waals surface area contributed by atoms with Gasteiger partial charge in [0, 0.05) is 16.2 Å². The van der Waals surface area contributed by atoms with E-state index in [9.17, 15) is 4.79 Å². The third kappa shape index (κ3) is 3.63. The van der Waals surface area contributed by atoms with Crippen molar-refractivity contribution in [1.82, 2.24) is 0 Å². The number of carbonyl (C=O) groups is 1. The van der Waals surface area contributed by atoms with Gasteiger partial charge in [0.25, 0.3) is 0 Å². The Kier molecular flexibility index (Phi) is 4.49. The molecule has 1 aliphatic heterocycles. The summed E-state index contributed by atoms with van der Waals surface area (Å²) in [7, 11) is 1.61. The highest BCUT2D eigenvalue weighted by molar-refractivity contribution is 6.30. The lowest BCUT2D eigenvalue weighted by Crippen LogP contribution is -2.13. The fourth-order valence-electron chi connectivity index (χ4n) is 2.31. The van der Waals surface area contributed by atoms with E-state index in [1.165, 1.54) is 6.08 Å². The molecule has 0 aliphatic carbocycles. The van der Waals surface area contributed by atoms with Gasteiger partial charge in [0.1, 0.15) is 18.1 Å². The number of rotatable bonds is 4. The second-order valence-electron chi connectivity index (χ2n) is 5.11. The van der Waals surface area contributed by atoms with Gasteiger partial charge in [0.05, 0.1) is 7.11 Å². The Morgan fingerprint density at radius 2 is 2.13 bits per heavy atom. The lowest BCUT2D eigenvalue weighted by Gasteiger charge is -2.17. The zero-order chi connectivity index (χ0) is 16.2. The molecule has 116 valence electrons. The van der Waals surface area contributed by atoms with Gasteiger partial charge >= 0.3 is 0 Å². The normalized spacial score (nSPS) is 13.2. The lowest BCUT2D eigenvalue weighted by molar-refractivity contribution is -0.111. The van der Waals surface area contributed by atoms with Gasteiger partial charge in [-0.3, -0.25) is 4.79 Å². The fourth-order valence-corrected chi connectivity index (χ4v) is 2.51. The largest absolute Gasteiger partial charge is 0.497 e. The number of hydrogen-bond acceptors (Lipinski definition) is 3. The van der Waals surface area contributed by atoms with E-state index in [2.05, 4.69) is 0 Å². The van der Waals surface area contributed by atoms with Crippen LogP contribution < -0.4 is 9.47 Å². The van der Waals surface area contributed by atoms with Gasteiger partial charge < -0.3 is 9.47 Å². The Bertz CT molecular complexity index is 806. The summed E-state index contributed by atoms with van der Waals surface area (Å²) >= 11 is 5.93. The molecule has 0 atom stereocenters. The lowest BCUT2D eigenvalue weighted by atomic mass is 10.0. The van der Waals surface area contributed by atoms with Crippen LogP contribution in [0.4, 0.5) is 0 Å². The van der Waals surface area contributed by atoms with Gasteiger partial charge in [-0.1, -0.05) is 29.8 Å². The second kappa shape index (κ2) is 6.71. The molecule has 3 nitrogen and oxygen atoms in total. The molecule has 3 rings (SSSR count). The monoisotopic (exact) mass is 326 g/mol. The molecule has 0 radical (unpaired) electrons. The molecule has 1 aliphatic rings. The summed E-state index contributed by atoms with van der Waals surface area (Å²) in [6.45, 7) is 0.262. The van der Waals surface area contributed by atoms with Crippen LogP contribution in [-0.2, 0) is 4.79 Å². The number of benzene rings is 2. The van der Waals surface area contributed by atoms with E-state index in [0.717, 1.165) is 22.6 Å². The maximum absolute atomic E-state index is 12.3. The molecule has 0 N–H and O–H groups in total. The van der Waals surface area contributed by atoms with Crippen molar-refractivity contribution < 1.29 is 14.3 Å². The first-order valence-electron chi connectivity index (χ1n) is 7.15. The molecule has 0 bridgehead atoms. The first-order chi connectivity index (χ1) is 11.2. The second-order valence-corrected chi connectivity index (χ2v) is 5.55. The predicted octanol–water partition coefficient (Wildman–Crippen LogP) is 4.41. The molecule has 0 unspecified atom stereocenters. The minimum atomic E-state index is -0.0848. The molecular formula is C19H15ClO3. The molecule has 0 amide bonds. The van der Waals surface area contributed by atoms with Crippen LogP contribution in [0.1, 0.15) is 11.1 Å². The maximum atomic E-state index is 12.3. The van der Waals surface area contributed by atoms with Crippen LogP contribution in [-0.4, -0.2) is 19.5 Å². The molecule has 0 aromatic heterocycles. The number of halogens is 1. The summed E-state index contributed by atoms with van der Waals surface area (Å²) in [5, 5.41) is 0.640. The first kappa shape index (κ1) is 15.4. The van der Waals surface area contributed by atoms with Crippen molar-refractivity contribution in [3.63, 3.8) is 0 Å². The molecule has 0 spiro atoms. The van der Waals surface area contributed by atoms with Gasteiger partial charge in [-0.15, -0.1) is 0 Å². The highest BCUT2D eigenvalue weighted by Crippen LogP contribution is 2.30. The third-order valence-corrected chi connectivity index (χ3v) is 3.76. The van der Waals surface area contributed by atoms with E-state index in [4.69, 9.17) is 21.1 Å². The summed E-state index contributed by atoms with van der Waals surface area (Å²) in [6, 6.07) is 12.9. The average molecular weight is 327 g/mol. The molecule has 0 saturated heterocycles.